The van der Waals surface area contributed by atoms with Crippen molar-refractivity contribution in [1.82, 2.24) is 15.1 Å². The van der Waals surface area contributed by atoms with E-state index in [1.165, 1.54) is 0 Å². The van der Waals surface area contributed by atoms with Crippen molar-refractivity contribution in [2.45, 2.75) is 19.5 Å². The lowest BCUT2D eigenvalue weighted by atomic mass is 10.1. The largest absolute Gasteiger partial charge is 0.350 e. The zero-order valence-corrected chi connectivity index (χ0v) is 11.9. The Morgan fingerprint density at radius 2 is 2.24 bits per heavy atom. The van der Waals surface area contributed by atoms with Gasteiger partial charge in [0.25, 0.3) is 0 Å². The highest BCUT2D eigenvalue weighted by Crippen LogP contribution is 2.08. The summed E-state index contributed by atoms with van der Waals surface area (Å²) in [6.45, 7) is 2.55. The van der Waals surface area contributed by atoms with Crippen LogP contribution >= 0.6 is 0 Å². The number of rotatable bonds is 4. The van der Waals surface area contributed by atoms with Crippen LogP contribution in [-0.4, -0.2) is 22.2 Å². The Labute approximate surface area is 124 Å². The van der Waals surface area contributed by atoms with Crippen LogP contribution in [-0.2, 0) is 11.3 Å². The van der Waals surface area contributed by atoms with Crippen LogP contribution in [0, 0.1) is 11.8 Å². The van der Waals surface area contributed by atoms with Crippen molar-refractivity contribution < 1.29 is 4.79 Å². The van der Waals surface area contributed by atoms with E-state index in [0.29, 0.717) is 13.1 Å². The normalized spacial score (nSPS) is 11.3. The van der Waals surface area contributed by atoms with Crippen LogP contribution in [0.15, 0.2) is 42.7 Å². The molecule has 2 rings (SSSR count). The van der Waals surface area contributed by atoms with Gasteiger partial charge in [0.1, 0.15) is 6.04 Å². The van der Waals surface area contributed by atoms with Crippen molar-refractivity contribution in [1.29, 1.82) is 0 Å². The quantitative estimate of drug-likeness (QED) is 0.824. The minimum atomic E-state index is -0.345. The summed E-state index contributed by atoms with van der Waals surface area (Å²) in [7, 11) is 0. The summed E-state index contributed by atoms with van der Waals surface area (Å²) in [5.74, 6) is 5.76. The summed E-state index contributed by atoms with van der Waals surface area (Å²) in [6, 6.07) is 9.15. The summed E-state index contributed by atoms with van der Waals surface area (Å²) in [4.78, 5) is 12.1. The maximum Gasteiger partial charge on any atom is 0.244 e. The van der Waals surface area contributed by atoms with Gasteiger partial charge in [0, 0.05) is 24.5 Å². The second-order valence-corrected chi connectivity index (χ2v) is 4.54. The van der Waals surface area contributed by atoms with Crippen LogP contribution in [0.3, 0.4) is 0 Å². The molecule has 1 aromatic carbocycles. The highest BCUT2D eigenvalue weighted by Gasteiger charge is 2.14. The van der Waals surface area contributed by atoms with Gasteiger partial charge in [0.2, 0.25) is 5.91 Å². The molecule has 1 aromatic heterocycles. The number of nitrogens with zero attached hydrogens (tertiary/aromatic N) is 2. The fourth-order valence-corrected chi connectivity index (χ4v) is 1.90. The van der Waals surface area contributed by atoms with Crippen LogP contribution in [0.1, 0.15) is 24.1 Å². The Hall–Kier alpha value is -2.58. The van der Waals surface area contributed by atoms with Gasteiger partial charge in [-0.25, -0.2) is 0 Å². The van der Waals surface area contributed by atoms with Crippen LogP contribution in [0.4, 0.5) is 0 Å². The van der Waals surface area contributed by atoms with Gasteiger partial charge in [-0.2, -0.15) is 5.10 Å². The zero-order chi connectivity index (χ0) is 15.1. The standard InChI is InChI=1S/C16H18N4O/c1-13(20-11-5-10-19-20)16(21)18-12-15-7-3-2-6-14(15)8-4-9-17/h2-3,5-7,10-11,13H,9,12,17H2,1H3,(H,18,21). The molecule has 0 bridgehead atoms. The third kappa shape index (κ3) is 3.94. The number of hydrogen-bond acceptors (Lipinski definition) is 3. The highest BCUT2D eigenvalue weighted by atomic mass is 16.2. The molecule has 0 fully saturated rings. The number of amides is 1. The van der Waals surface area contributed by atoms with Crippen molar-refractivity contribution in [2.24, 2.45) is 5.73 Å². The fraction of sp³-hybridized carbons (Fsp3) is 0.250. The molecule has 2 aromatic rings. The van der Waals surface area contributed by atoms with Crippen molar-refractivity contribution in [3.8, 4) is 11.8 Å². The van der Waals surface area contributed by atoms with Crippen LogP contribution < -0.4 is 11.1 Å². The number of benzene rings is 1. The lowest BCUT2D eigenvalue weighted by molar-refractivity contribution is -0.124. The lowest BCUT2D eigenvalue weighted by Gasteiger charge is -2.13. The molecule has 1 amide bonds. The van der Waals surface area contributed by atoms with Crippen LogP contribution in [0.5, 0.6) is 0 Å². The first-order valence-electron chi connectivity index (χ1n) is 6.76. The molecule has 1 heterocycles. The molecule has 0 aliphatic carbocycles. The summed E-state index contributed by atoms with van der Waals surface area (Å²) in [5, 5.41) is 6.97. The molecule has 3 N–H and O–H groups in total. The molecular formula is C16H18N4O. The predicted molar refractivity (Wildman–Crippen MR) is 81.2 cm³/mol. The average molecular weight is 282 g/mol. The molecular weight excluding hydrogens is 264 g/mol. The Morgan fingerprint density at radius 3 is 2.95 bits per heavy atom. The van der Waals surface area contributed by atoms with E-state index in [0.717, 1.165) is 11.1 Å². The number of carbonyl (C=O) groups is 1. The van der Waals surface area contributed by atoms with Gasteiger partial charge in [-0.05, 0) is 24.6 Å². The zero-order valence-electron chi connectivity index (χ0n) is 11.9. The van der Waals surface area contributed by atoms with Crippen molar-refractivity contribution in [3.05, 3.63) is 53.9 Å². The number of carbonyl (C=O) groups excluding carboxylic acids is 1. The van der Waals surface area contributed by atoms with E-state index in [2.05, 4.69) is 22.3 Å². The molecule has 5 nitrogen and oxygen atoms in total. The first-order valence-corrected chi connectivity index (χ1v) is 6.76. The third-order valence-electron chi connectivity index (χ3n) is 3.10. The Kier molecular flexibility index (Phi) is 5.13. The topological polar surface area (TPSA) is 72.9 Å². The molecule has 21 heavy (non-hydrogen) atoms. The first kappa shape index (κ1) is 14.8. The van der Waals surface area contributed by atoms with E-state index in [1.54, 1.807) is 23.1 Å². The van der Waals surface area contributed by atoms with E-state index in [-0.39, 0.29) is 11.9 Å². The van der Waals surface area contributed by atoms with Crippen molar-refractivity contribution in [3.63, 3.8) is 0 Å². The minimum Gasteiger partial charge on any atom is -0.350 e. The monoisotopic (exact) mass is 282 g/mol. The minimum absolute atomic E-state index is 0.0831. The maximum absolute atomic E-state index is 12.1. The van der Waals surface area contributed by atoms with Crippen LogP contribution in [0.2, 0.25) is 0 Å². The molecule has 1 unspecified atom stereocenters. The molecule has 0 spiro atoms. The second kappa shape index (κ2) is 7.27. The summed E-state index contributed by atoms with van der Waals surface area (Å²) >= 11 is 0. The number of nitrogens with two attached hydrogens (primary N) is 1. The van der Waals surface area contributed by atoms with E-state index in [1.807, 2.05) is 31.2 Å². The Balaban J connectivity index is 2.01. The third-order valence-corrected chi connectivity index (χ3v) is 3.10. The number of nitrogens with one attached hydrogen (secondary N) is 1. The SMILES string of the molecule is CC(C(=O)NCc1ccccc1C#CCN)n1cccn1. The number of hydrogen-bond donors (Lipinski definition) is 2. The second-order valence-electron chi connectivity index (χ2n) is 4.54. The fourth-order valence-electron chi connectivity index (χ4n) is 1.90. The molecule has 0 saturated heterocycles. The maximum atomic E-state index is 12.1. The molecule has 0 aliphatic rings. The predicted octanol–water partition coefficient (Wildman–Crippen LogP) is 1.07. The molecule has 0 saturated carbocycles. The van der Waals surface area contributed by atoms with Crippen molar-refractivity contribution in [2.75, 3.05) is 6.54 Å². The molecule has 108 valence electrons. The summed E-state index contributed by atoms with van der Waals surface area (Å²) < 4.78 is 1.62. The van der Waals surface area contributed by atoms with E-state index < -0.39 is 0 Å². The Bertz CT molecular complexity index is 652. The van der Waals surface area contributed by atoms with E-state index in [4.69, 9.17) is 5.73 Å². The van der Waals surface area contributed by atoms with Crippen molar-refractivity contribution >= 4 is 5.91 Å². The van der Waals surface area contributed by atoms with Gasteiger partial charge in [-0.15, -0.1) is 0 Å². The Morgan fingerprint density at radius 1 is 1.43 bits per heavy atom. The molecule has 0 radical (unpaired) electrons. The van der Waals surface area contributed by atoms with Gasteiger partial charge < -0.3 is 11.1 Å². The smallest absolute Gasteiger partial charge is 0.244 e. The molecule has 1 atom stereocenters. The van der Waals surface area contributed by atoms with Gasteiger partial charge >= 0.3 is 0 Å². The number of aromatic nitrogens is 2. The molecule has 0 aliphatic heterocycles. The van der Waals surface area contributed by atoms with E-state index in [9.17, 15) is 4.79 Å². The van der Waals surface area contributed by atoms with E-state index >= 15 is 0 Å². The average Bonchev–Trinajstić information content (AvgIpc) is 3.05. The lowest BCUT2D eigenvalue weighted by Crippen LogP contribution is -2.31. The van der Waals surface area contributed by atoms with Gasteiger partial charge in [0.15, 0.2) is 0 Å². The van der Waals surface area contributed by atoms with Crippen LogP contribution in [0.25, 0.3) is 0 Å². The first-order chi connectivity index (χ1) is 10.2. The van der Waals surface area contributed by atoms with Gasteiger partial charge in [-0.3, -0.25) is 9.48 Å². The van der Waals surface area contributed by atoms with Gasteiger partial charge in [-0.1, -0.05) is 30.0 Å². The highest BCUT2D eigenvalue weighted by molar-refractivity contribution is 5.79. The summed E-state index contributed by atoms with van der Waals surface area (Å²) in [5.41, 5.74) is 7.25. The molecule has 5 heteroatoms. The summed E-state index contributed by atoms with van der Waals surface area (Å²) in [6.07, 6.45) is 3.42. The van der Waals surface area contributed by atoms with Gasteiger partial charge in [0.05, 0.1) is 6.54 Å².